The Morgan fingerprint density at radius 2 is 1.56 bits per heavy atom. The van der Waals surface area contributed by atoms with Gasteiger partial charge in [-0.15, -0.1) is 4.68 Å². The minimum atomic E-state index is -6.48. The average Bonchev–Trinajstić information content (AvgIpc) is 3.18. The van der Waals surface area contributed by atoms with Gasteiger partial charge < -0.3 is 4.90 Å². The van der Waals surface area contributed by atoms with Crippen molar-refractivity contribution in [2.45, 2.75) is 37.7 Å². The molecule has 0 atom stereocenters. The molecule has 0 saturated carbocycles. The largest absolute Gasteiger partial charge is 0.459 e. The number of hydrogen-bond donors (Lipinski definition) is 0. The Balaban J connectivity index is 1.79. The summed E-state index contributed by atoms with van der Waals surface area (Å²) >= 11 is 0. The van der Waals surface area contributed by atoms with Crippen LogP contribution in [0, 0.1) is 0 Å². The summed E-state index contributed by atoms with van der Waals surface area (Å²) in [5.74, 6) is -12.5. The van der Waals surface area contributed by atoms with Crippen LogP contribution in [0.1, 0.15) is 5.56 Å². The van der Waals surface area contributed by atoms with Crippen molar-refractivity contribution in [1.29, 1.82) is 0 Å². The van der Waals surface area contributed by atoms with E-state index in [0.717, 1.165) is 15.9 Å². The van der Waals surface area contributed by atoms with Crippen molar-refractivity contribution in [3.63, 3.8) is 0 Å². The number of aryl methyl sites for hydroxylation is 1. The highest BCUT2D eigenvalue weighted by molar-refractivity contribution is 5.52. The molecule has 6 nitrogen and oxygen atoms in total. The molecule has 2 aromatic carbocycles. The summed E-state index contributed by atoms with van der Waals surface area (Å²) in [5.41, 5.74) is 2.12. The zero-order chi connectivity index (χ0) is 26.6. The molecule has 0 saturated heterocycles. The summed E-state index contributed by atoms with van der Waals surface area (Å²) in [7, 11) is 1.86. The summed E-state index contributed by atoms with van der Waals surface area (Å²) < 4.78 is 106. The highest BCUT2D eigenvalue weighted by atomic mass is 19.4. The summed E-state index contributed by atoms with van der Waals surface area (Å²) in [4.78, 5) is 1.95. The zero-order valence-electron chi connectivity index (χ0n) is 18.8. The average molecular weight is 521 g/mol. The van der Waals surface area contributed by atoms with Gasteiger partial charge in [-0.25, -0.2) is 8.96 Å². The first kappa shape index (κ1) is 27.0. The van der Waals surface area contributed by atoms with Gasteiger partial charge >= 0.3 is 24.0 Å². The van der Waals surface area contributed by atoms with Gasteiger partial charge in [-0.3, -0.25) is 0 Å². The molecule has 36 heavy (non-hydrogen) atoms. The van der Waals surface area contributed by atoms with Crippen molar-refractivity contribution >= 4 is 17.3 Å². The summed E-state index contributed by atoms with van der Waals surface area (Å²) in [6.07, 6.45) is -5.82. The third kappa shape index (κ3) is 6.15. The highest BCUT2D eigenvalue weighted by Crippen LogP contribution is 2.46. The maximum atomic E-state index is 13.9. The van der Waals surface area contributed by atoms with E-state index in [2.05, 4.69) is 15.3 Å². The van der Waals surface area contributed by atoms with Crippen LogP contribution in [0.15, 0.2) is 71.2 Å². The molecule has 0 fully saturated rings. The maximum Gasteiger partial charge on any atom is 0.459 e. The quantitative estimate of drug-likeness (QED) is 0.186. The van der Waals surface area contributed by atoms with E-state index in [1.165, 1.54) is 12.1 Å². The van der Waals surface area contributed by atoms with Crippen LogP contribution in [0.4, 0.5) is 52.4 Å². The monoisotopic (exact) mass is 521 g/mol. The number of nitrogens with zero attached hydrogens (tertiary/aromatic N) is 6. The number of alkyl halides is 8. The van der Waals surface area contributed by atoms with Crippen LogP contribution >= 0.6 is 0 Å². The van der Waals surface area contributed by atoms with Crippen molar-refractivity contribution in [2.75, 3.05) is 18.6 Å². The number of anilines is 1. The molecule has 0 aliphatic heterocycles. The van der Waals surface area contributed by atoms with E-state index in [1.807, 2.05) is 42.3 Å². The standard InChI is InChI=1S/C22H21F8N6/c1-34(13-16-5-3-2-4-6-16)18-9-7-17(8-10-18)31-32-19-33-36(12-11-23)15-35(19)14-20(24,25)21(26,27)22(28,29)30/h2-10,15H,11-14H2,1H3/q+1/b32-31+. The minimum absolute atomic E-state index is 0.228. The van der Waals surface area contributed by atoms with Crippen LogP contribution in [0.3, 0.4) is 0 Å². The van der Waals surface area contributed by atoms with E-state index in [-0.39, 0.29) is 10.3 Å². The van der Waals surface area contributed by atoms with E-state index in [1.54, 1.807) is 12.1 Å². The third-order valence-corrected chi connectivity index (χ3v) is 5.05. The Hall–Kier alpha value is -3.58. The molecule has 0 unspecified atom stereocenters. The molecule has 14 heteroatoms. The first-order valence-electron chi connectivity index (χ1n) is 10.5. The number of hydrogen-bond acceptors (Lipinski definition) is 4. The van der Waals surface area contributed by atoms with Crippen LogP contribution in [-0.2, 0) is 19.6 Å². The second-order valence-electron chi connectivity index (χ2n) is 7.83. The van der Waals surface area contributed by atoms with Crippen LogP contribution in [0.25, 0.3) is 0 Å². The number of halogens is 8. The lowest BCUT2D eigenvalue weighted by Gasteiger charge is -2.27. The second-order valence-corrected chi connectivity index (χ2v) is 7.83. The Labute approximate surface area is 200 Å². The lowest BCUT2D eigenvalue weighted by Crippen LogP contribution is -2.58. The molecular weight excluding hydrogens is 500 g/mol. The Bertz CT molecular complexity index is 1160. The van der Waals surface area contributed by atoms with Gasteiger partial charge in [0.05, 0.1) is 5.69 Å². The van der Waals surface area contributed by atoms with Crippen LogP contribution in [0.5, 0.6) is 0 Å². The summed E-state index contributed by atoms with van der Waals surface area (Å²) in [6.45, 7) is -2.95. The molecular formula is C22H21F8N6+. The fraction of sp³-hybridized carbons (Fsp3) is 0.364. The van der Waals surface area contributed by atoms with Gasteiger partial charge in [-0.05, 0) is 29.8 Å². The van der Waals surface area contributed by atoms with E-state index >= 15 is 0 Å². The number of benzene rings is 2. The van der Waals surface area contributed by atoms with Gasteiger partial charge in [-0.2, -0.15) is 30.7 Å². The van der Waals surface area contributed by atoms with E-state index in [9.17, 15) is 35.1 Å². The normalized spacial score (nSPS) is 12.9. The Morgan fingerprint density at radius 3 is 2.14 bits per heavy atom. The molecule has 0 amide bonds. The van der Waals surface area contributed by atoms with Crippen molar-refractivity contribution < 1.29 is 39.7 Å². The molecule has 0 aliphatic rings. The molecule has 0 radical (unpaired) electrons. The van der Waals surface area contributed by atoms with Crippen LogP contribution < -0.4 is 9.47 Å². The first-order chi connectivity index (χ1) is 16.8. The second kappa shape index (κ2) is 10.6. The molecule has 194 valence electrons. The predicted octanol–water partition coefficient (Wildman–Crippen LogP) is 6.02. The Kier molecular flexibility index (Phi) is 7.94. The fourth-order valence-corrected chi connectivity index (χ4v) is 3.14. The van der Waals surface area contributed by atoms with Crippen molar-refractivity contribution in [1.82, 2.24) is 9.78 Å². The zero-order valence-corrected chi connectivity index (χ0v) is 18.8. The molecule has 3 rings (SSSR count). The SMILES string of the molecule is CN(Cc1ccccc1)c1ccc(/N=N/c2nn(CCF)c[n+]2CC(F)(F)C(F)(F)C(F)(F)F)cc1. The maximum absolute atomic E-state index is 13.9. The van der Waals surface area contributed by atoms with Crippen molar-refractivity contribution in [2.24, 2.45) is 10.2 Å². The molecule has 0 bridgehead atoms. The van der Waals surface area contributed by atoms with E-state index in [4.69, 9.17) is 0 Å². The van der Waals surface area contributed by atoms with Gasteiger partial charge in [0.1, 0.15) is 19.8 Å². The lowest BCUT2D eigenvalue weighted by atomic mass is 10.1. The predicted molar refractivity (Wildman–Crippen MR) is 114 cm³/mol. The topological polar surface area (TPSA) is 49.7 Å². The molecule has 0 aliphatic carbocycles. The first-order valence-corrected chi connectivity index (χ1v) is 10.5. The number of azo groups is 1. The van der Waals surface area contributed by atoms with Gasteiger partial charge in [0.15, 0.2) is 6.33 Å². The van der Waals surface area contributed by atoms with E-state index < -0.39 is 43.7 Å². The van der Waals surface area contributed by atoms with Crippen LogP contribution in [-0.4, -0.2) is 41.5 Å². The molecule has 1 heterocycles. The number of aromatic nitrogens is 3. The van der Waals surface area contributed by atoms with Gasteiger partial charge in [0, 0.05) is 29.5 Å². The van der Waals surface area contributed by atoms with Crippen molar-refractivity contribution in [3.05, 3.63) is 66.5 Å². The molecule has 1 aromatic heterocycles. The van der Waals surface area contributed by atoms with Gasteiger partial charge in [0.25, 0.3) is 0 Å². The molecule has 0 N–H and O–H groups in total. The van der Waals surface area contributed by atoms with Gasteiger partial charge in [0.2, 0.25) is 0 Å². The highest BCUT2D eigenvalue weighted by Gasteiger charge is 2.73. The fourth-order valence-electron chi connectivity index (χ4n) is 3.14. The van der Waals surface area contributed by atoms with E-state index in [0.29, 0.717) is 12.9 Å². The third-order valence-electron chi connectivity index (χ3n) is 5.05. The molecule has 0 spiro atoms. The van der Waals surface area contributed by atoms with Gasteiger partial charge in [-0.1, -0.05) is 35.4 Å². The smallest absolute Gasteiger partial charge is 0.370 e. The van der Waals surface area contributed by atoms with Crippen molar-refractivity contribution in [3.8, 4) is 0 Å². The summed E-state index contributed by atoms with van der Waals surface area (Å²) in [6, 6.07) is 16.1. The summed E-state index contributed by atoms with van der Waals surface area (Å²) in [5, 5.41) is 11.1. The number of rotatable bonds is 10. The molecule has 3 aromatic rings. The van der Waals surface area contributed by atoms with Crippen LogP contribution in [0.2, 0.25) is 0 Å². The lowest BCUT2D eigenvalue weighted by molar-refractivity contribution is -0.708. The minimum Gasteiger partial charge on any atom is -0.370 e. The Morgan fingerprint density at radius 1 is 0.917 bits per heavy atom.